The summed E-state index contributed by atoms with van der Waals surface area (Å²) in [7, 11) is 2.84. The second-order valence-corrected chi connectivity index (χ2v) is 31.3. The molecule has 19 rings (SSSR count). The number of piperazine rings is 2. The molecule has 6 bridgehead atoms. The largest absolute Gasteiger partial charge is 0.480 e. The van der Waals surface area contributed by atoms with Crippen molar-refractivity contribution in [3.05, 3.63) is 181 Å². The summed E-state index contributed by atoms with van der Waals surface area (Å²) in [6, 6.07) is 22.5. The summed E-state index contributed by atoms with van der Waals surface area (Å²) in [5.41, 5.74) is 11.9. The molecule has 0 aliphatic carbocycles. The fourth-order valence-electron chi connectivity index (χ4n) is 15.3. The van der Waals surface area contributed by atoms with Crippen molar-refractivity contribution in [2.24, 2.45) is 0 Å². The van der Waals surface area contributed by atoms with Crippen molar-refractivity contribution < 1.29 is 43.0 Å². The molecule has 8 aliphatic heterocycles. The first-order valence-corrected chi connectivity index (χ1v) is 41.9. The summed E-state index contributed by atoms with van der Waals surface area (Å²) in [5.74, 6) is 4.46. The van der Waals surface area contributed by atoms with Crippen LogP contribution in [0.1, 0.15) is 61.0 Å². The van der Waals surface area contributed by atoms with Crippen molar-refractivity contribution in [3.8, 4) is 34.7 Å². The maximum absolute atomic E-state index is 13.6. The number of ether oxygens (including phenoxy) is 3. The minimum Gasteiger partial charge on any atom is -0.480 e. The molecule has 2 fully saturated rings. The number of hydrogen-bond donors (Lipinski definition) is 3. The van der Waals surface area contributed by atoms with Gasteiger partial charge in [0.25, 0.3) is 34.4 Å². The predicted octanol–water partition coefficient (Wildman–Crippen LogP) is 4.96. The molecule has 3 amide bonds. The zero-order chi connectivity index (χ0) is 81.8. The van der Waals surface area contributed by atoms with E-state index in [1.165, 1.54) is 28.9 Å². The summed E-state index contributed by atoms with van der Waals surface area (Å²) >= 11 is 1.40. The Kier molecular flexibility index (Phi) is 23.5. The van der Waals surface area contributed by atoms with Crippen LogP contribution >= 0.6 is 11.8 Å². The van der Waals surface area contributed by atoms with Crippen LogP contribution < -0.4 is 61.1 Å². The van der Waals surface area contributed by atoms with Gasteiger partial charge in [-0.3, -0.25) is 47.7 Å². The number of aromatic nitrogens is 15. The molecule has 0 radical (unpaired) electrons. The number of nitrogens with zero attached hydrogens (tertiary/aromatic N) is 22. The molecule has 17 heterocycles. The number of amides is 3. The quantitative estimate of drug-likeness (QED) is 0.0782. The van der Waals surface area contributed by atoms with E-state index in [1.54, 1.807) is 86.9 Å². The van der Waals surface area contributed by atoms with Crippen LogP contribution in [0, 0.1) is 0 Å². The Morgan fingerprint density at radius 1 is 0.466 bits per heavy atom. The van der Waals surface area contributed by atoms with Gasteiger partial charge in [0.1, 0.15) is 22.0 Å². The number of rotatable bonds is 8. The highest BCUT2D eigenvalue weighted by molar-refractivity contribution is 7.98. The molecule has 118 heavy (non-hydrogen) atoms. The van der Waals surface area contributed by atoms with Crippen molar-refractivity contribution in [2.45, 2.75) is 88.1 Å². The van der Waals surface area contributed by atoms with Gasteiger partial charge in [-0.1, -0.05) is 60.4 Å². The zero-order valence-corrected chi connectivity index (χ0v) is 67.4. The number of hydrogen-bond acceptors (Lipinski definition) is 27. The van der Waals surface area contributed by atoms with Crippen molar-refractivity contribution in [1.82, 2.24) is 82.7 Å². The summed E-state index contributed by atoms with van der Waals surface area (Å²) in [4.78, 5) is 132. The molecular formula is C81H89N23O12S2. The average Bonchev–Trinajstić information content (AvgIpc) is 1.60. The standard InChI is InChI=1S/C31H34N8O4.C19H18N6O4S.C19H18N6O3S.C12H19N3O/c1-35-12-14-36(15-13-35)24-7-6-21(16-22(24)19-40)17-26-32-18-23-29(33-26)39-27-9-8-25-30(34-27)37(28(41)20-43-25)10-4-2-3-5-11-38(39)31(23)42;1-30(28)19-20-10-12-16(22-19)25-14-7-6-13-17(21-14)23(15(26)11-29-13)8-4-2-3-5-9-24(25)18(12)27;1-29-19-20-10-12-16(22-19)25-14-7-6-13-17(21-14)23(15(26)11-28-13)8-4-2-3-5-9-24(25)18(12)27;1-14-4-6-15(7-5-14)12-3-2-11(13)8-10(12)9-16/h3,5-9,16,18,40H,2,4,10-15,17,19-20H2,1H3;3,5-7,10H,2,4,8-9,11H2,1H3;3,5-7,10H,2,4,8-9,11H2,1H3;2-3,8,16H,4-7,9,13H2,1H3/b3*5-3-;. The topological polar surface area (TPSA) is 382 Å². The predicted molar refractivity (Wildman–Crippen MR) is 447 cm³/mol. The number of allylic oxidation sites excluding steroid dienone is 6. The van der Waals surface area contributed by atoms with E-state index < -0.39 is 10.8 Å². The van der Waals surface area contributed by atoms with E-state index in [-0.39, 0.29) is 72.6 Å². The molecule has 0 saturated carbocycles. The summed E-state index contributed by atoms with van der Waals surface area (Å²) in [6.07, 6.45) is 24.9. The number of aliphatic hydroxyl groups is 2. The molecule has 11 aromatic rings. The molecule has 0 spiro atoms. The first-order valence-electron chi connectivity index (χ1n) is 39.1. The SMILES string of the molecule is CN1CCN(c2ccc(Cc3ncc4c(=O)n5n(c4n3)-c3ccc4c(n3)N(CCC/C=C\C5)C(=O)CO4)cc2CO)CC1.CN1CCN(c2ccc(N)cc2CO)CC1.CS(=O)c1ncc2c(=O)n3n(c2n1)-c1ccc2c(n1)N(CCC/C=C\C3)C(=O)CO2.CSc1ncc2c(=O)n3n(c2n1)-c1ccc2c(n1)N(CCC/C=C\C3)C(=O)CO2. The molecule has 2 saturated heterocycles. The number of thioether (sulfide) groups is 1. The van der Waals surface area contributed by atoms with Gasteiger partial charge in [-0.25, -0.2) is 72.9 Å². The summed E-state index contributed by atoms with van der Waals surface area (Å²) < 4.78 is 38.4. The van der Waals surface area contributed by atoms with Crippen LogP contribution in [0.2, 0.25) is 0 Å². The molecule has 35 nitrogen and oxygen atoms in total. The monoisotopic (exact) mass is 1640 g/mol. The third kappa shape index (κ3) is 16.2. The molecule has 9 aromatic heterocycles. The molecule has 37 heteroatoms. The van der Waals surface area contributed by atoms with E-state index in [2.05, 4.69) is 75.7 Å². The molecule has 2 aromatic carbocycles. The van der Waals surface area contributed by atoms with Crippen molar-refractivity contribution >= 4 is 108 Å². The lowest BCUT2D eigenvalue weighted by atomic mass is 10.0. The Morgan fingerprint density at radius 3 is 1.31 bits per heavy atom. The van der Waals surface area contributed by atoms with E-state index in [9.17, 15) is 43.2 Å². The lowest BCUT2D eigenvalue weighted by molar-refractivity contribution is -0.122. The van der Waals surface area contributed by atoms with Crippen LogP contribution in [0.15, 0.2) is 153 Å². The van der Waals surface area contributed by atoms with Crippen LogP contribution in [0.25, 0.3) is 50.6 Å². The lowest BCUT2D eigenvalue weighted by Crippen LogP contribution is -2.44. The van der Waals surface area contributed by atoms with Gasteiger partial charge in [-0.05, 0) is 125 Å². The number of pyridine rings is 3. The van der Waals surface area contributed by atoms with E-state index in [0.717, 1.165) is 119 Å². The van der Waals surface area contributed by atoms with E-state index in [1.807, 2.05) is 67.0 Å². The minimum atomic E-state index is -1.41. The molecule has 4 N–H and O–H groups in total. The Balaban J connectivity index is 0.000000123. The number of carbonyl (C=O) groups is 3. The fourth-order valence-corrected chi connectivity index (χ4v) is 16.1. The van der Waals surface area contributed by atoms with Crippen molar-refractivity contribution in [1.29, 1.82) is 0 Å². The van der Waals surface area contributed by atoms with Crippen molar-refractivity contribution in [2.75, 3.05) is 149 Å². The molecule has 8 aliphatic rings. The van der Waals surface area contributed by atoms with Crippen LogP contribution in [0.3, 0.4) is 0 Å². The number of fused-ring (bicyclic) bond motifs is 15. The highest BCUT2D eigenvalue weighted by Gasteiger charge is 2.34. The van der Waals surface area contributed by atoms with Crippen LogP contribution in [-0.2, 0) is 64.5 Å². The van der Waals surface area contributed by atoms with Crippen molar-refractivity contribution in [3.63, 3.8) is 0 Å². The molecular weight excluding hydrogens is 1550 g/mol. The second-order valence-electron chi connectivity index (χ2n) is 29.3. The normalized spacial score (nSPS) is 17.9. The Hall–Kier alpha value is -12.3. The van der Waals surface area contributed by atoms with Gasteiger partial charge in [0, 0.05) is 131 Å². The van der Waals surface area contributed by atoms with Crippen LogP contribution in [-0.4, -0.2) is 233 Å². The van der Waals surface area contributed by atoms with E-state index >= 15 is 0 Å². The Labute approximate surface area is 682 Å². The minimum absolute atomic E-state index is 0.00529. The van der Waals surface area contributed by atoms with Gasteiger partial charge in [0.05, 0.1) is 43.6 Å². The third-order valence-corrected chi connectivity index (χ3v) is 22.8. The first kappa shape index (κ1) is 79.5. The lowest BCUT2D eigenvalue weighted by Gasteiger charge is -2.35. The number of nitrogen functional groups attached to an aromatic ring is 1. The Morgan fingerprint density at radius 2 is 0.873 bits per heavy atom. The van der Waals surface area contributed by atoms with Gasteiger partial charge in [0.2, 0.25) is 5.16 Å². The second kappa shape index (κ2) is 34.9. The maximum atomic E-state index is 13.6. The average molecular weight is 1640 g/mol. The highest BCUT2D eigenvalue weighted by Crippen LogP contribution is 2.37. The fraction of sp³-hybridized carbons (Fsp3) is 0.370. The Bertz CT molecular complexity index is 6010. The number of likely N-dealkylation sites (N-methyl/N-ethyl adjacent to an activating group) is 2. The first-order chi connectivity index (χ1) is 57.4. The van der Waals surface area contributed by atoms with Gasteiger partial charge < -0.3 is 49.8 Å². The van der Waals surface area contributed by atoms with E-state index in [0.29, 0.717) is 148 Å². The number of benzene rings is 2. The van der Waals surface area contributed by atoms with E-state index in [4.69, 9.17) is 34.9 Å². The van der Waals surface area contributed by atoms with Gasteiger partial charge in [0.15, 0.2) is 94.1 Å². The molecule has 612 valence electrons. The number of anilines is 6. The molecule has 1 atom stereocenters. The summed E-state index contributed by atoms with van der Waals surface area (Å²) in [6.45, 7) is 10.6. The third-order valence-electron chi connectivity index (χ3n) is 21.6. The maximum Gasteiger partial charge on any atom is 0.278 e. The number of carbonyl (C=O) groups excluding carboxylic acids is 3. The van der Waals surface area contributed by atoms with Crippen LogP contribution in [0.4, 0.5) is 34.5 Å². The van der Waals surface area contributed by atoms with Crippen LogP contribution in [0.5, 0.6) is 17.2 Å². The zero-order valence-electron chi connectivity index (χ0n) is 65.7. The highest BCUT2D eigenvalue weighted by atomic mass is 32.2. The molecule has 1 unspecified atom stereocenters. The smallest absolute Gasteiger partial charge is 0.278 e. The number of aliphatic hydroxyl groups excluding tert-OH is 2. The summed E-state index contributed by atoms with van der Waals surface area (Å²) in [5, 5.41) is 21.3. The van der Waals surface area contributed by atoms with Gasteiger partial charge in [-0.15, -0.1) is 0 Å². The van der Waals surface area contributed by atoms with Gasteiger partial charge in [-0.2, -0.15) is 0 Å². The number of nitrogens with two attached hydrogens (primary N) is 1. The van der Waals surface area contributed by atoms with Gasteiger partial charge >= 0.3 is 0 Å².